The normalized spacial score (nSPS) is 18.7. The number of ether oxygens (including phenoxy) is 1. The Balaban J connectivity index is 2.07. The molecule has 1 aromatic carbocycles. The zero-order chi connectivity index (χ0) is 13.2. The molecule has 0 atom stereocenters. The molecule has 1 aliphatic rings. The molecule has 0 spiro atoms. The van der Waals surface area contributed by atoms with Gasteiger partial charge in [-0.25, -0.2) is 4.39 Å². The minimum Gasteiger partial charge on any atom is -0.377 e. The third-order valence-electron chi connectivity index (χ3n) is 3.19. The van der Waals surface area contributed by atoms with E-state index in [1.54, 1.807) is 12.1 Å². The number of benzene rings is 1. The summed E-state index contributed by atoms with van der Waals surface area (Å²) in [7, 11) is 0. The van der Waals surface area contributed by atoms with Crippen LogP contribution in [0.4, 0.5) is 4.39 Å². The second kappa shape index (κ2) is 5.06. The van der Waals surface area contributed by atoms with Gasteiger partial charge in [0.25, 0.3) is 0 Å². The van der Waals surface area contributed by atoms with Crippen LogP contribution in [0, 0.1) is 5.82 Å². The SMILES string of the molecule is CC1(C)COCCN1C(=O)Cc1cccc(F)c1. The number of hydrogen-bond acceptors (Lipinski definition) is 2. The number of carbonyl (C=O) groups excluding carboxylic acids is 1. The van der Waals surface area contributed by atoms with Gasteiger partial charge in [-0.3, -0.25) is 4.79 Å². The van der Waals surface area contributed by atoms with E-state index in [4.69, 9.17) is 4.74 Å². The van der Waals surface area contributed by atoms with Crippen LogP contribution in [-0.2, 0) is 16.0 Å². The van der Waals surface area contributed by atoms with Gasteiger partial charge in [0.2, 0.25) is 5.91 Å². The molecule has 0 radical (unpaired) electrons. The van der Waals surface area contributed by atoms with Crippen LogP contribution in [0.1, 0.15) is 19.4 Å². The maximum Gasteiger partial charge on any atom is 0.227 e. The fraction of sp³-hybridized carbons (Fsp3) is 0.500. The third-order valence-corrected chi connectivity index (χ3v) is 3.19. The zero-order valence-corrected chi connectivity index (χ0v) is 10.8. The van der Waals surface area contributed by atoms with Crippen LogP contribution >= 0.6 is 0 Å². The van der Waals surface area contributed by atoms with Crippen LogP contribution in [0.2, 0.25) is 0 Å². The highest BCUT2D eigenvalue weighted by atomic mass is 19.1. The van der Waals surface area contributed by atoms with Crippen molar-refractivity contribution in [2.75, 3.05) is 19.8 Å². The Bertz CT molecular complexity index is 445. The molecule has 98 valence electrons. The molecule has 18 heavy (non-hydrogen) atoms. The minimum absolute atomic E-state index is 0.0221. The Morgan fingerprint density at radius 2 is 2.28 bits per heavy atom. The summed E-state index contributed by atoms with van der Waals surface area (Å²) in [5, 5.41) is 0. The topological polar surface area (TPSA) is 29.5 Å². The monoisotopic (exact) mass is 251 g/mol. The molecule has 0 N–H and O–H groups in total. The summed E-state index contributed by atoms with van der Waals surface area (Å²) < 4.78 is 18.4. The largest absolute Gasteiger partial charge is 0.377 e. The Hall–Kier alpha value is -1.42. The van der Waals surface area contributed by atoms with Gasteiger partial charge >= 0.3 is 0 Å². The lowest BCUT2D eigenvalue weighted by Gasteiger charge is -2.42. The first-order valence-corrected chi connectivity index (χ1v) is 6.12. The molecule has 0 bridgehead atoms. The van der Waals surface area contributed by atoms with Crippen molar-refractivity contribution in [2.24, 2.45) is 0 Å². The molecule has 1 fully saturated rings. The van der Waals surface area contributed by atoms with Gasteiger partial charge in [-0.1, -0.05) is 12.1 Å². The van der Waals surface area contributed by atoms with E-state index in [0.29, 0.717) is 25.3 Å². The molecular weight excluding hydrogens is 233 g/mol. The average Bonchev–Trinajstić information content (AvgIpc) is 2.28. The smallest absolute Gasteiger partial charge is 0.227 e. The van der Waals surface area contributed by atoms with Crippen LogP contribution in [-0.4, -0.2) is 36.1 Å². The number of halogens is 1. The standard InChI is InChI=1S/C14H18FNO2/c1-14(2)10-18-7-6-16(14)13(17)9-11-4-3-5-12(15)8-11/h3-5,8H,6-7,9-10H2,1-2H3. The molecule has 1 aliphatic heterocycles. The summed E-state index contributed by atoms with van der Waals surface area (Å²) in [4.78, 5) is 14.1. The lowest BCUT2D eigenvalue weighted by molar-refractivity contribution is -0.145. The van der Waals surface area contributed by atoms with Gasteiger partial charge in [0.05, 0.1) is 25.2 Å². The average molecular weight is 251 g/mol. The van der Waals surface area contributed by atoms with Crippen LogP contribution in [0.15, 0.2) is 24.3 Å². The van der Waals surface area contributed by atoms with Crippen molar-refractivity contribution in [3.05, 3.63) is 35.6 Å². The highest BCUT2D eigenvalue weighted by Gasteiger charge is 2.33. The van der Waals surface area contributed by atoms with Gasteiger partial charge in [0, 0.05) is 6.54 Å². The van der Waals surface area contributed by atoms with Crippen molar-refractivity contribution >= 4 is 5.91 Å². The number of nitrogens with zero attached hydrogens (tertiary/aromatic N) is 1. The van der Waals surface area contributed by atoms with Crippen molar-refractivity contribution in [1.82, 2.24) is 4.90 Å². The molecule has 0 unspecified atom stereocenters. The van der Waals surface area contributed by atoms with E-state index in [-0.39, 0.29) is 23.7 Å². The lowest BCUT2D eigenvalue weighted by atomic mass is 10.0. The van der Waals surface area contributed by atoms with Crippen molar-refractivity contribution in [1.29, 1.82) is 0 Å². The van der Waals surface area contributed by atoms with E-state index >= 15 is 0 Å². The predicted octanol–water partition coefficient (Wildman–Crippen LogP) is 2.01. The maximum atomic E-state index is 13.1. The molecule has 0 saturated carbocycles. The van der Waals surface area contributed by atoms with E-state index in [9.17, 15) is 9.18 Å². The first kappa shape index (κ1) is 13.0. The summed E-state index contributed by atoms with van der Waals surface area (Å²) in [5.74, 6) is -0.282. The van der Waals surface area contributed by atoms with Crippen LogP contribution in [0.25, 0.3) is 0 Å². The molecule has 3 nitrogen and oxygen atoms in total. The van der Waals surface area contributed by atoms with E-state index in [0.717, 1.165) is 0 Å². The molecule has 0 aliphatic carbocycles. The zero-order valence-electron chi connectivity index (χ0n) is 10.8. The van der Waals surface area contributed by atoms with Gasteiger partial charge in [-0.2, -0.15) is 0 Å². The van der Waals surface area contributed by atoms with Crippen molar-refractivity contribution < 1.29 is 13.9 Å². The molecule has 1 amide bonds. The number of amides is 1. The molecule has 4 heteroatoms. The quantitative estimate of drug-likeness (QED) is 0.804. The van der Waals surface area contributed by atoms with E-state index in [1.807, 2.05) is 18.7 Å². The summed E-state index contributed by atoms with van der Waals surface area (Å²) in [5.41, 5.74) is 0.421. The number of carbonyl (C=O) groups is 1. The van der Waals surface area contributed by atoms with E-state index in [1.165, 1.54) is 12.1 Å². The Morgan fingerprint density at radius 1 is 1.50 bits per heavy atom. The lowest BCUT2D eigenvalue weighted by Crippen LogP contribution is -2.55. The van der Waals surface area contributed by atoms with Crippen molar-refractivity contribution in [3.63, 3.8) is 0 Å². The van der Waals surface area contributed by atoms with Gasteiger partial charge < -0.3 is 9.64 Å². The van der Waals surface area contributed by atoms with Gasteiger partial charge in [-0.05, 0) is 31.5 Å². The molecule has 1 saturated heterocycles. The van der Waals surface area contributed by atoms with Gasteiger partial charge in [0.1, 0.15) is 5.82 Å². The molecule has 1 aromatic rings. The van der Waals surface area contributed by atoms with Gasteiger partial charge in [-0.15, -0.1) is 0 Å². The van der Waals surface area contributed by atoms with Crippen molar-refractivity contribution in [3.8, 4) is 0 Å². The number of rotatable bonds is 2. The maximum absolute atomic E-state index is 13.1. The molecular formula is C14H18FNO2. The summed E-state index contributed by atoms with van der Waals surface area (Å²) in [6, 6.07) is 6.19. The second-order valence-corrected chi connectivity index (χ2v) is 5.22. The molecule has 1 heterocycles. The predicted molar refractivity (Wildman–Crippen MR) is 66.7 cm³/mol. The van der Waals surface area contributed by atoms with Gasteiger partial charge in [0.15, 0.2) is 0 Å². The molecule has 0 aromatic heterocycles. The van der Waals surface area contributed by atoms with Crippen LogP contribution < -0.4 is 0 Å². The van der Waals surface area contributed by atoms with Crippen molar-refractivity contribution in [2.45, 2.75) is 25.8 Å². The Labute approximate surface area is 107 Å². The fourth-order valence-electron chi connectivity index (χ4n) is 2.24. The number of morpholine rings is 1. The molecule has 2 rings (SSSR count). The van der Waals surface area contributed by atoms with Crippen LogP contribution in [0.5, 0.6) is 0 Å². The van der Waals surface area contributed by atoms with E-state index in [2.05, 4.69) is 0 Å². The first-order valence-electron chi connectivity index (χ1n) is 6.12. The Morgan fingerprint density at radius 3 is 2.94 bits per heavy atom. The fourth-order valence-corrected chi connectivity index (χ4v) is 2.24. The minimum atomic E-state index is -0.304. The van der Waals surface area contributed by atoms with E-state index < -0.39 is 0 Å². The summed E-state index contributed by atoms with van der Waals surface area (Å²) in [6.07, 6.45) is 0.237. The highest BCUT2D eigenvalue weighted by molar-refractivity contribution is 5.79. The highest BCUT2D eigenvalue weighted by Crippen LogP contribution is 2.20. The van der Waals surface area contributed by atoms with Crippen LogP contribution in [0.3, 0.4) is 0 Å². The number of hydrogen-bond donors (Lipinski definition) is 0. The summed E-state index contributed by atoms with van der Waals surface area (Å²) in [6.45, 7) is 5.67. The first-order chi connectivity index (χ1) is 8.49. The third kappa shape index (κ3) is 2.88. The second-order valence-electron chi connectivity index (χ2n) is 5.22. The Kier molecular flexibility index (Phi) is 3.66. The summed E-state index contributed by atoms with van der Waals surface area (Å²) >= 11 is 0.